The molecule has 8 heteroatoms. The summed E-state index contributed by atoms with van der Waals surface area (Å²) in [6.07, 6.45) is 4.55. The molecule has 6 rings (SSSR count). The van der Waals surface area contributed by atoms with Crippen molar-refractivity contribution >= 4 is 22.9 Å². The number of aryl methyl sites for hydroxylation is 1. The number of aliphatic hydroxyl groups excluding tert-OH is 3. The number of rotatable bonds is 6. The van der Waals surface area contributed by atoms with Gasteiger partial charge in [-0.3, -0.25) is 14.4 Å². The van der Waals surface area contributed by atoms with Crippen molar-refractivity contribution in [2.75, 3.05) is 0 Å². The fraction of sp³-hybridized carbons (Fsp3) is 0.425. The van der Waals surface area contributed by atoms with Crippen molar-refractivity contribution in [1.29, 1.82) is 0 Å². The lowest BCUT2D eigenvalue weighted by Crippen LogP contribution is -2.73. The summed E-state index contributed by atoms with van der Waals surface area (Å²) in [6.45, 7) is 11.4. The summed E-state index contributed by atoms with van der Waals surface area (Å²) >= 11 is 0. The predicted molar refractivity (Wildman–Crippen MR) is 182 cm³/mol. The molecule has 0 amide bonds. The van der Waals surface area contributed by atoms with E-state index in [1.54, 1.807) is 39.8 Å². The Bertz CT molecular complexity index is 1910. The number of hydrogen-bond acceptors (Lipinski definition) is 8. The fourth-order valence-electron chi connectivity index (χ4n) is 9.21. The summed E-state index contributed by atoms with van der Waals surface area (Å²) in [5, 5.41) is 59.7. The molecule has 0 radical (unpaired) electrons. The number of aromatic hydroxyl groups is 1. The van der Waals surface area contributed by atoms with Gasteiger partial charge in [0.15, 0.2) is 17.2 Å². The topological polar surface area (TPSA) is 152 Å². The van der Waals surface area contributed by atoms with E-state index in [4.69, 9.17) is 0 Å². The van der Waals surface area contributed by atoms with Crippen molar-refractivity contribution in [3.8, 4) is 5.75 Å². The van der Waals surface area contributed by atoms with Crippen LogP contribution in [0.1, 0.15) is 93.4 Å². The second kappa shape index (κ2) is 11.1. The number of aliphatic hydroxyl groups is 4. The van der Waals surface area contributed by atoms with Gasteiger partial charge < -0.3 is 25.5 Å². The largest absolute Gasteiger partial charge is 0.511 e. The van der Waals surface area contributed by atoms with Gasteiger partial charge in [-0.25, -0.2) is 0 Å². The molecule has 0 heterocycles. The molecule has 48 heavy (non-hydrogen) atoms. The SMILES string of the molecule is CCc1ccc(C2=CCC(Cc3ccc4c(c3O)C(=O)C3=C(O)[C@@]5(O)C(=O)C(C(C)=O)=C(O)C(C(C)C)[C@@]5(C)[C@H](O)[C@@]3(C)[C@@H]4C)=C2)cc1. The van der Waals surface area contributed by atoms with E-state index in [9.17, 15) is 39.9 Å². The van der Waals surface area contributed by atoms with Crippen LogP contribution in [0.25, 0.3) is 5.57 Å². The van der Waals surface area contributed by atoms with E-state index < -0.39 is 74.7 Å². The Balaban J connectivity index is 1.47. The van der Waals surface area contributed by atoms with E-state index in [1.165, 1.54) is 12.5 Å². The van der Waals surface area contributed by atoms with Crippen LogP contribution in [-0.4, -0.2) is 54.6 Å². The van der Waals surface area contributed by atoms with Crippen molar-refractivity contribution < 1.29 is 39.9 Å². The molecule has 0 bridgehead atoms. The second-order valence-electron chi connectivity index (χ2n) is 14.8. The smallest absolute Gasteiger partial charge is 0.209 e. The van der Waals surface area contributed by atoms with Gasteiger partial charge in [-0.2, -0.15) is 0 Å². The molecule has 8 nitrogen and oxygen atoms in total. The van der Waals surface area contributed by atoms with E-state index in [1.807, 2.05) is 0 Å². The highest BCUT2D eigenvalue weighted by Gasteiger charge is 2.76. The predicted octanol–water partition coefficient (Wildman–Crippen LogP) is 6.40. The normalized spacial score (nSPS) is 31.4. The zero-order chi connectivity index (χ0) is 35.2. The second-order valence-corrected chi connectivity index (χ2v) is 14.8. The Morgan fingerprint density at radius 2 is 1.67 bits per heavy atom. The maximum Gasteiger partial charge on any atom is 0.209 e. The van der Waals surface area contributed by atoms with Crippen LogP contribution in [0.3, 0.4) is 0 Å². The van der Waals surface area contributed by atoms with Crippen LogP contribution in [0.5, 0.6) is 5.75 Å². The third-order valence-electron chi connectivity index (χ3n) is 12.0. The summed E-state index contributed by atoms with van der Waals surface area (Å²) in [6, 6.07) is 11.9. The first kappa shape index (κ1) is 33.6. The molecule has 0 aliphatic heterocycles. The molecule has 6 atom stereocenters. The van der Waals surface area contributed by atoms with Crippen molar-refractivity contribution in [3.63, 3.8) is 0 Å². The molecule has 4 aliphatic rings. The summed E-state index contributed by atoms with van der Waals surface area (Å²) in [7, 11) is 0. The minimum Gasteiger partial charge on any atom is -0.511 e. The van der Waals surface area contributed by atoms with E-state index in [0.717, 1.165) is 30.1 Å². The van der Waals surface area contributed by atoms with Crippen LogP contribution < -0.4 is 0 Å². The van der Waals surface area contributed by atoms with E-state index in [2.05, 4.69) is 43.3 Å². The molecule has 0 spiro atoms. The molecular weight excluding hydrogens is 608 g/mol. The van der Waals surface area contributed by atoms with Gasteiger partial charge in [0, 0.05) is 16.7 Å². The first-order chi connectivity index (χ1) is 22.5. The standard InChI is InChI=1S/C40H44O8/c1-8-22-9-12-24(13-10-22)25-14-11-23(17-25)18-26-15-16-27-20(4)38(6)31(34(44)29(27)32(26)42)36(46)40(48)35(45)28(21(5)41)33(43)30(19(2)3)39(40,7)37(38)47/h9-10,12-17,19-20,30,37,42-43,46-48H,8,11,18H2,1-7H3/t20-,30?,37-,38+,39+,40+/m1/s1. The summed E-state index contributed by atoms with van der Waals surface area (Å²) in [4.78, 5) is 41.2. The van der Waals surface area contributed by atoms with Gasteiger partial charge in [0.25, 0.3) is 0 Å². The lowest BCUT2D eigenvalue weighted by Gasteiger charge is -2.63. The van der Waals surface area contributed by atoms with Crippen molar-refractivity contribution in [1.82, 2.24) is 0 Å². The van der Waals surface area contributed by atoms with Gasteiger partial charge >= 0.3 is 0 Å². The van der Waals surface area contributed by atoms with Crippen LogP contribution in [-0.2, 0) is 22.4 Å². The molecular formula is C40H44O8. The van der Waals surface area contributed by atoms with E-state index >= 15 is 0 Å². The number of carbonyl (C=O) groups is 3. The average Bonchev–Trinajstić information content (AvgIpc) is 3.50. The van der Waals surface area contributed by atoms with Crippen LogP contribution >= 0.6 is 0 Å². The Hall–Kier alpha value is -4.27. The number of phenols is 1. The van der Waals surface area contributed by atoms with Gasteiger partial charge in [-0.1, -0.05) is 95.7 Å². The van der Waals surface area contributed by atoms with Crippen LogP contribution in [0, 0.1) is 22.7 Å². The number of phenolic OH excluding ortho intramolecular Hbond substituents is 1. The Morgan fingerprint density at radius 1 is 1.02 bits per heavy atom. The van der Waals surface area contributed by atoms with Gasteiger partial charge in [-0.05, 0) is 65.8 Å². The molecule has 2 aromatic carbocycles. The number of hydrogen-bond donors (Lipinski definition) is 5. The number of carbonyl (C=O) groups excluding carboxylic acids is 3. The number of fused-ring (bicyclic) bond motifs is 3. The van der Waals surface area contributed by atoms with Gasteiger partial charge in [-0.15, -0.1) is 0 Å². The lowest BCUT2D eigenvalue weighted by molar-refractivity contribution is -0.211. The zero-order valence-corrected chi connectivity index (χ0v) is 28.5. The summed E-state index contributed by atoms with van der Waals surface area (Å²) in [5.74, 6) is -7.00. The third-order valence-corrected chi connectivity index (χ3v) is 12.0. The van der Waals surface area contributed by atoms with Crippen LogP contribution in [0.15, 0.2) is 76.8 Å². The highest BCUT2D eigenvalue weighted by atomic mass is 16.4. The fourth-order valence-corrected chi connectivity index (χ4v) is 9.21. The van der Waals surface area contributed by atoms with Crippen LogP contribution in [0.4, 0.5) is 0 Å². The highest BCUT2D eigenvalue weighted by Crippen LogP contribution is 2.67. The summed E-state index contributed by atoms with van der Waals surface area (Å²) in [5.41, 5.74) is -2.09. The molecule has 0 saturated carbocycles. The number of allylic oxidation sites excluding steroid dienone is 5. The lowest BCUT2D eigenvalue weighted by atomic mass is 9.41. The van der Waals surface area contributed by atoms with E-state index in [-0.39, 0.29) is 16.9 Å². The number of ketones is 3. The third kappa shape index (κ3) is 4.18. The van der Waals surface area contributed by atoms with Gasteiger partial charge in [0.1, 0.15) is 22.8 Å². The van der Waals surface area contributed by atoms with Crippen molar-refractivity contribution in [2.24, 2.45) is 22.7 Å². The first-order valence-electron chi connectivity index (χ1n) is 16.7. The summed E-state index contributed by atoms with van der Waals surface area (Å²) < 4.78 is 0. The maximum atomic E-state index is 14.5. The Morgan fingerprint density at radius 3 is 2.25 bits per heavy atom. The van der Waals surface area contributed by atoms with Gasteiger partial charge in [0.05, 0.1) is 17.2 Å². The molecule has 4 aliphatic carbocycles. The molecule has 252 valence electrons. The van der Waals surface area contributed by atoms with Crippen molar-refractivity contribution in [2.45, 2.75) is 85.4 Å². The van der Waals surface area contributed by atoms with Crippen LogP contribution in [0.2, 0.25) is 0 Å². The molecule has 0 aromatic heterocycles. The number of Topliss-reactive ketones (excluding diaryl/α,β-unsaturated/α-hetero) is 3. The Kier molecular flexibility index (Phi) is 7.80. The molecule has 0 fully saturated rings. The molecule has 2 aromatic rings. The van der Waals surface area contributed by atoms with Gasteiger partial charge in [0.2, 0.25) is 5.78 Å². The number of benzene rings is 2. The molecule has 5 N–H and O–H groups in total. The first-order valence-corrected chi connectivity index (χ1v) is 16.7. The molecule has 1 unspecified atom stereocenters. The Labute approximate surface area is 280 Å². The minimum absolute atomic E-state index is 0.0609. The quantitative estimate of drug-likeness (QED) is 0.225. The highest BCUT2D eigenvalue weighted by molar-refractivity contribution is 6.25. The minimum atomic E-state index is -2.91. The monoisotopic (exact) mass is 652 g/mol. The molecule has 0 saturated heterocycles. The zero-order valence-electron chi connectivity index (χ0n) is 28.5. The maximum absolute atomic E-state index is 14.5. The van der Waals surface area contributed by atoms with E-state index in [0.29, 0.717) is 24.0 Å². The van der Waals surface area contributed by atoms with Crippen molar-refractivity contribution in [3.05, 3.63) is 105 Å². The average molecular weight is 653 g/mol.